The summed E-state index contributed by atoms with van der Waals surface area (Å²) in [6.07, 6.45) is 6.32. The highest BCUT2D eigenvalue weighted by molar-refractivity contribution is 5.75. The molecular weight excluding hydrogens is 410 g/mol. The SMILES string of the molecule is CC(=O)N1CCN(c2cc(N3CC4CCC(C3)O4)n[n+]3c2cnn3-c2ccn[nH]2)[C@H](C)C1. The third-order valence-corrected chi connectivity index (χ3v) is 6.86. The van der Waals surface area contributed by atoms with E-state index in [-0.39, 0.29) is 24.2 Å². The Kier molecular flexibility index (Phi) is 4.53. The molecule has 3 aliphatic heterocycles. The van der Waals surface area contributed by atoms with Crippen molar-refractivity contribution in [2.75, 3.05) is 42.5 Å². The van der Waals surface area contributed by atoms with Crippen molar-refractivity contribution in [3.05, 3.63) is 24.5 Å². The van der Waals surface area contributed by atoms with Gasteiger partial charge >= 0.3 is 0 Å². The molecule has 3 aliphatic rings. The number of carbonyl (C=O) groups is 1. The van der Waals surface area contributed by atoms with Crippen LogP contribution in [0, 0.1) is 0 Å². The zero-order valence-corrected chi connectivity index (χ0v) is 18.4. The summed E-state index contributed by atoms with van der Waals surface area (Å²) >= 11 is 0. The van der Waals surface area contributed by atoms with E-state index in [9.17, 15) is 4.79 Å². The van der Waals surface area contributed by atoms with Crippen LogP contribution >= 0.6 is 0 Å². The van der Waals surface area contributed by atoms with E-state index in [2.05, 4.69) is 38.1 Å². The Morgan fingerprint density at radius 2 is 2.03 bits per heavy atom. The number of aromatic nitrogens is 6. The molecule has 2 unspecified atom stereocenters. The van der Waals surface area contributed by atoms with E-state index in [1.165, 1.54) is 0 Å². The molecule has 6 heterocycles. The Hall–Kier alpha value is -3.21. The van der Waals surface area contributed by atoms with Gasteiger partial charge in [0.2, 0.25) is 23.4 Å². The second-order valence-corrected chi connectivity index (χ2v) is 9.01. The van der Waals surface area contributed by atoms with E-state index in [0.717, 1.165) is 55.3 Å². The Balaban J connectivity index is 1.44. The summed E-state index contributed by atoms with van der Waals surface area (Å²) in [6, 6.07) is 4.23. The molecule has 32 heavy (non-hydrogen) atoms. The number of nitrogens with one attached hydrogen (secondary N) is 1. The molecule has 6 rings (SSSR count). The third kappa shape index (κ3) is 3.19. The van der Waals surface area contributed by atoms with Crippen molar-refractivity contribution in [3.63, 3.8) is 0 Å². The first-order valence-electron chi connectivity index (χ1n) is 11.3. The number of amides is 1. The molecule has 3 aromatic rings. The normalized spacial score (nSPS) is 25.7. The summed E-state index contributed by atoms with van der Waals surface area (Å²) in [5, 5.41) is 16.6. The maximum absolute atomic E-state index is 11.9. The Morgan fingerprint density at radius 3 is 2.72 bits per heavy atom. The fourth-order valence-electron chi connectivity index (χ4n) is 5.21. The molecule has 11 nitrogen and oxygen atoms in total. The van der Waals surface area contributed by atoms with Crippen LogP contribution in [-0.2, 0) is 9.53 Å². The lowest BCUT2D eigenvalue weighted by molar-refractivity contribution is -0.663. The van der Waals surface area contributed by atoms with E-state index in [1.807, 2.05) is 21.8 Å². The number of anilines is 2. The number of morpholine rings is 1. The smallest absolute Gasteiger partial charge is 0.249 e. The van der Waals surface area contributed by atoms with E-state index in [4.69, 9.17) is 9.84 Å². The van der Waals surface area contributed by atoms with Crippen LogP contribution in [-0.4, -0.2) is 87.0 Å². The highest BCUT2D eigenvalue weighted by Gasteiger charge is 2.36. The molecule has 3 saturated heterocycles. The van der Waals surface area contributed by atoms with Crippen LogP contribution in [0.2, 0.25) is 0 Å². The summed E-state index contributed by atoms with van der Waals surface area (Å²) < 4.78 is 7.89. The average Bonchev–Trinajstić information content (AvgIpc) is 3.52. The first-order valence-corrected chi connectivity index (χ1v) is 11.3. The summed E-state index contributed by atoms with van der Waals surface area (Å²) in [7, 11) is 0. The lowest BCUT2D eigenvalue weighted by Crippen LogP contribution is -2.54. The minimum atomic E-state index is 0.127. The van der Waals surface area contributed by atoms with Gasteiger partial charge in [0.05, 0.1) is 24.1 Å². The molecule has 0 aliphatic carbocycles. The monoisotopic (exact) mass is 438 g/mol. The van der Waals surface area contributed by atoms with Crippen molar-refractivity contribution in [2.24, 2.45) is 0 Å². The minimum absolute atomic E-state index is 0.127. The first kappa shape index (κ1) is 19.5. The lowest BCUT2D eigenvalue weighted by Gasteiger charge is -2.41. The molecule has 1 N–H and O–H groups in total. The molecule has 3 aromatic heterocycles. The van der Waals surface area contributed by atoms with Crippen molar-refractivity contribution < 1.29 is 14.2 Å². The van der Waals surface area contributed by atoms with Crippen molar-refractivity contribution >= 4 is 22.9 Å². The van der Waals surface area contributed by atoms with Crippen LogP contribution in [0.4, 0.5) is 11.5 Å². The quantitative estimate of drug-likeness (QED) is 0.581. The van der Waals surface area contributed by atoms with Crippen molar-refractivity contribution in [1.29, 1.82) is 0 Å². The number of hydrogen-bond acceptors (Lipinski definition) is 7. The van der Waals surface area contributed by atoms with Crippen LogP contribution in [0.1, 0.15) is 26.7 Å². The van der Waals surface area contributed by atoms with E-state index in [0.29, 0.717) is 13.1 Å². The zero-order valence-electron chi connectivity index (χ0n) is 18.4. The van der Waals surface area contributed by atoms with Gasteiger partial charge in [-0.15, -0.1) is 0 Å². The molecule has 3 fully saturated rings. The summed E-state index contributed by atoms with van der Waals surface area (Å²) in [5.74, 6) is 1.79. The van der Waals surface area contributed by atoms with Gasteiger partial charge in [-0.1, -0.05) is 0 Å². The van der Waals surface area contributed by atoms with Gasteiger partial charge in [0, 0.05) is 67.7 Å². The van der Waals surface area contributed by atoms with Gasteiger partial charge in [0.15, 0.2) is 5.82 Å². The van der Waals surface area contributed by atoms with Crippen molar-refractivity contribution in [2.45, 2.75) is 44.9 Å². The minimum Gasteiger partial charge on any atom is -0.371 e. The van der Waals surface area contributed by atoms with Gasteiger partial charge in [-0.2, -0.15) is 5.10 Å². The Morgan fingerprint density at radius 1 is 1.22 bits per heavy atom. The molecule has 2 bridgehead atoms. The molecule has 0 spiro atoms. The van der Waals surface area contributed by atoms with Crippen LogP contribution in [0.5, 0.6) is 0 Å². The maximum Gasteiger partial charge on any atom is 0.249 e. The fourth-order valence-corrected chi connectivity index (χ4v) is 5.21. The number of H-pyrrole nitrogens is 1. The number of aromatic amines is 1. The number of nitrogens with zero attached hydrogens (tertiary/aromatic N) is 8. The van der Waals surface area contributed by atoms with E-state index < -0.39 is 0 Å². The van der Waals surface area contributed by atoms with E-state index >= 15 is 0 Å². The van der Waals surface area contributed by atoms with Crippen LogP contribution < -0.4 is 14.4 Å². The largest absolute Gasteiger partial charge is 0.371 e. The average molecular weight is 439 g/mol. The highest BCUT2D eigenvalue weighted by Crippen LogP contribution is 2.32. The predicted octanol–water partition coefficient (Wildman–Crippen LogP) is 0.154. The summed E-state index contributed by atoms with van der Waals surface area (Å²) in [5.41, 5.74) is 2.00. The molecule has 0 aromatic carbocycles. The second-order valence-electron chi connectivity index (χ2n) is 9.01. The standard InChI is InChI=1S/C21H28N9O2/c1-14-11-26(15(2)31)7-8-28(14)18-9-21(27-12-16-3-4-17(13-27)32-16)25-29-19(18)10-23-30(29)20-5-6-22-24-20/h5-6,9-10,14,16-17H,3-4,7-8,11-13H2,1-2H3,(H,22,24)/q+1/t14-,16?,17?/m1/s1. The summed E-state index contributed by atoms with van der Waals surface area (Å²) in [6.45, 7) is 7.68. The Bertz CT molecular complexity index is 1130. The Labute approximate surface area is 185 Å². The van der Waals surface area contributed by atoms with Gasteiger partial charge in [0.1, 0.15) is 0 Å². The number of rotatable bonds is 3. The topological polar surface area (TPSA) is 99.5 Å². The van der Waals surface area contributed by atoms with Gasteiger partial charge in [-0.05, 0) is 29.5 Å². The fraction of sp³-hybridized carbons (Fsp3) is 0.571. The van der Waals surface area contributed by atoms with Gasteiger partial charge in [-0.3, -0.25) is 9.89 Å². The highest BCUT2D eigenvalue weighted by atomic mass is 16.5. The van der Waals surface area contributed by atoms with Gasteiger partial charge in [-0.25, -0.2) is 0 Å². The van der Waals surface area contributed by atoms with Crippen LogP contribution in [0.15, 0.2) is 24.5 Å². The van der Waals surface area contributed by atoms with Crippen LogP contribution in [0.25, 0.3) is 11.3 Å². The molecule has 0 saturated carbocycles. The van der Waals surface area contributed by atoms with Gasteiger partial charge < -0.3 is 19.4 Å². The maximum atomic E-state index is 11.9. The summed E-state index contributed by atoms with van der Waals surface area (Å²) in [4.78, 5) is 20.3. The first-order chi connectivity index (χ1) is 15.6. The van der Waals surface area contributed by atoms with Gasteiger partial charge in [0.25, 0.3) is 0 Å². The molecule has 0 radical (unpaired) electrons. The molecule has 3 atom stereocenters. The molecule has 168 valence electrons. The molecule has 11 heteroatoms. The number of carbonyl (C=O) groups excluding carboxylic acids is 1. The van der Waals surface area contributed by atoms with Crippen molar-refractivity contribution in [1.82, 2.24) is 30.1 Å². The number of fused-ring (bicyclic) bond motifs is 3. The third-order valence-electron chi connectivity index (χ3n) is 6.86. The molecular formula is C21H28N9O2+. The predicted molar refractivity (Wildman–Crippen MR) is 116 cm³/mol. The van der Waals surface area contributed by atoms with Crippen LogP contribution in [0.3, 0.4) is 0 Å². The number of piperazine rings is 1. The zero-order chi connectivity index (χ0) is 21.8. The van der Waals surface area contributed by atoms with E-state index in [1.54, 1.807) is 17.9 Å². The van der Waals surface area contributed by atoms with Crippen molar-refractivity contribution in [3.8, 4) is 5.82 Å². The number of hydrogen-bond donors (Lipinski definition) is 1. The second kappa shape index (κ2) is 7.44. The number of ether oxygens (including phenoxy) is 1. The lowest BCUT2D eigenvalue weighted by atomic mass is 10.1. The molecule has 1 amide bonds.